The molecule has 1 N–H and O–H groups in total. The summed E-state index contributed by atoms with van der Waals surface area (Å²) in [6.45, 7) is 1.04. The fraction of sp³-hybridized carbons (Fsp3) is 0.400. The van der Waals surface area contributed by atoms with Gasteiger partial charge in [0.25, 0.3) is 5.91 Å². The van der Waals surface area contributed by atoms with Gasteiger partial charge < -0.3 is 10.0 Å². The highest BCUT2D eigenvalue weighted by molar-refractivity contribution is 9.10. The molecule has 4 nitrogen and oxygen atoms in total. The Morgan fingerprint density at radius 3 is 3.00 bits per heavy atom. The predicted molar refractivity (Wildman–Crippen MR) is 58.5 cm³/mol. The number of hydrogen-bond acceptors (Lipinski definition) is 3. The number of aromatic nitrogens is 1. The van der Waals surface area contributed by atoms with E-state index in [4.69, 9.17) is 0 Å². The number of nitrogens with zero attached hydrogens (tertiary/aromatic N) is 2. The van der Waals surface area contributed by atoms with Crippen LogP contribution >= 0.6 is 15.9 Å². The summed E-state index contributed by atoms with van der Waals surface area (Å²) in [7, 11) is 0. The van der Waals surface area contributed by atoms with Crippen LogP contribution in [-0.4, -0.2) is 40.1 Å². The van der Waals surface area contributed by atoms with Crippen LogP contribution < -0.4 is 0 Å². The third kappa shape index (κ3) is 2.35. The van der Waals surface area contributed by atoms with E-state index >= 15 is 0 Å². The van der Waals surface area contributed by atoms with Crippen molar-refractivity contribution >= 4 is 21.8 Å². The first-order valence-electron chi connectivity index (χ1n) is 4.74. The number of pyridine rings is 1. The molecule has 1 saturated heterocycles. The lowest BCUT2D eigenvalue weighted by Crippen LogP contribution is -2.29. The van der Waals surface area contributed by atoms with Crippen LogP contribution in [0, 0.1) is 0 Å². The highest BCUT2D eigenvalue weighted by atomic mass is 79.9. The van der Waals surface area contributed by atoms with Crippen molar-refractivity contribution in [2.24, 2.45) is 0 Å². The summed E-state index contributed by atoms with van der Waals surface area (Å²) < 4.78 is 0.785. The third-order valence-corrected chi connectivity index (χ3v) is 2.84. The highest BCUT2D eigenvalue weighted by Gasteiger charge is 2.25. The molecule has 1 aromatic rings. The zero-order valence-corrected chi connectivity index (χ0v) is 9.64. The maximum Gasteiger partial charge on any atom is 0.255 e. The van der Waals surface area contributed by atoms with Crippen molar-refractivity contribution in [2.75, 3.05) is 13.1 Å². The first kappa shape index (κ1) is 10.6. The second-order valence-corrected chi connectivity index (χ2v) is 4.50. The summed E-state index contributed by atoms with van der Waals surface area (Å²) in [5, 5.41) is 9.33. The normalized spacial score (nSPS) is 20.7. The van der Waals surface area contributed by atoms with Crippen LogP contribution in [0.5, 0.6) is 0 Å². The topological polar surface area (TPSA) is 53.4 Å². The molecule has 5 heteroatoms. The van der Waals surface area contributed by atoms with E-state index in [1.165, 1.54) is 6.20 Å². The quantitative estimate of drug-likeness (QED) is 0.830. The smallest absolute Gasteiger partial charge is 0.255 e. The van der Waals surface area contributed by atoms with Gasteiger partial charge in [-0.3, -0.25) is 9.78 Å². The molecule has 0 bridgehead atoms. The predicted octanol–water partition coefficient (Wildman–Crippen LogP) is 1.05. The van der Waals surface area contributed by atoms with Gasteiger partial charge in [-0.15, -0.1) is 0 Å². The summed E-state index contributed by atoms with van der Waals surface area (Å²) >= 11 is 3.27. The van der Waals surface area contributed by atoms with E-state index in [-0.39, 0.29) is 12.0 Å². The summed E-state index contributed by atoms with van der Waals surface area (Å²) in [5.41, 5.74) is 0.554. The molecule has 15 heavy (non-hydrogen) atoms. The molecule has 80 valence electrons. The average molecular weight is 271 g/mol. The lowest BCUT2D eigenvalue weighted by molar-refractivity contribution is 0.0764. The molecule has 1 aromatic heterocycles. The molecule has 1 aliphatic heterocycles. The molecular weight excluding hydrogens is 260 g/mol. The molecular formula is C10H11BrN2O2. The van der Waals surface area contributed by atoms with Gasteiger partial charge in [0.2, 0.25) is 0 Å². The molecule has 1 unspecified atom stereocenters. The maximum absolute atomic E-state index is 11.9. The Kier molecular flexibility index (Phi) is 3.02. The monoisotopic (exact) mass is 270 g/mol. The lowest BCUT2D eigenvalue weighted by Gasteiger charge is -2.15. The van der Waals surface area contributed by atoms with Gasteiger partial charge in [-0.2, -0.15) is 0 Å². The molecule has 1 atom stereocenters. The van der Waals surface area contributed by atoms with Gasteiger partial charge in [0.05, 0.1) is 11.7 Å². The first-order valence-corrected chi connectivity index (χ1v) is 5.54. The molecule has 0 aliphatic carbocycles. The number of aliphatic hydroxyl groups is 1. The molecule has 2 rings (SSSR count). The average Bonchev–Trinajstić information content (AvgIpc) is 2.64. The van der Waals surface area contributed by atoms with E-state index in [0.29, 0.717) is 25.1 Å². The maximum atomic E-state index is 11.9. The van der Waals surface area contributed by atoms with Crippen LogP contribution in [0.2, 0.25) is 0 Å². The molecule has 0 spiro atoms. The van der Waals surface area contributed by atoms with Crippen molar-refractivity contribution < 1.29 is 9.90 Å². The highest BCUT2D eigenvalue weighted by Crippen LogP contribution is 2.15. The number of carbonyl (C=O) groups excluding carboxylic acids is 1. The van der Waals surface area contributed by atoms with Crippen molar-refractivity contribution in [3.05, 3.63) is 28.5 Å². The number of β-amino-alcohol motifs (C(OH)–C–C–N with tert-alkyl or cyclic N) is 1. The minimum absolute atomic E-state index is 0.0691. The zero-order chi connectivity index (χ0) is 10.8. The summed E-state index contributed by atoms with van der Waals surface area (Å²) in [6, 6.07) is 1.74. The Balaban J connectivity index is 2.14. The number of likely N-dealkylation sites (tertiary alicyclic amines) is 1. The largest absolute Gasteiger partial charge is 0.391 e. The second-order valence-electron chi connectivity index (χ2n) is 3.59. The minimum atomic E-state index is -0.380. The van der Waals surface area contributed by atoms with E-state index in [9.17, 15) is 9.90 Å². The van der Waals surface area contributed by atoms with Gasteiger partial charge in [-0.05, 0) is 28.4 Å². The van der Waals surface area contributed by atoms with E-state index in [2.05, 4.69) is 20.9 Å². The standard InChI is InChI=1S/C10H11BrN2O2/c11-8-3-7(4-12-5-8)10(15)13-2-1-9(14)6-13/h3-5,9,14H,1-2,6H2. The fourth-order valence-corrected chi connectivity index (χ4v) is 2.00. The Morgan fingerprint density at radius 1 is 1.60 bits per heavy atom. The molecule has 1 amide bonds. The molecule has 0 aromatic carbocycles. The van der Waals surface area contributed by atoms with Gasteiger partial charge in [-0.1, -0.05) is 0 Å². The third-order valence-electron chi connectivity index (χ3n) is 2.40. The Morgan fingerprint density at radius 2 is 2.40 bits per heavy atom. The number of carbonyl (C=O) groups is 1. The minimum Gasteiger partial charge on any atom is -0.391 e. The Bertz CT molecular complexity index is 383. The first-order chi connectivity index (χ1) is 7.16. The summed E-state index contributed by atoms with van der Waals surface area (Å²) in [5.74, 6) is -0.0691. The van der Waals surface area contributed by atoms with E-state index in [1.807, 2.05) is 0 Å². The number of rotatable bonds is 1. The van der Waals surface area contributed by atoms with Crippen molar-refractivity contribution in [3.8, 4) is 0 Å². The Hall–Kier alpha value is -0.940. The number of aliphatic hydroxyl groups excluding tert-OH is 1. The van der Waals surface area contributed by atoms with E-state index < -0.39 is 0 Å². The van der Waals surface area contributed by atoms with Crippen molar-refractivity contribution in [2.45, 2.75) is 12.5 Å². The van der Waals surface area contributed by atoms with Gasteiger partial charge in [0, 0.05) is 30.0 Å². The summed E-state index contributed by atoms with van der Waals surface area (Å²) in [6.07, 6.45) is 3.45. The van der Waals surface area contributed by atoms with Crippen LogP contribution in [0.15, 0.2) is 22.9 Å². The second kappa shape index (κ2) is 4.28. The van der Waals surface area contributed by atoms with Gasteiger partial charge >= 0.3 is 0 Å². The molecule has 2 heterocycles. The molecule has 1 fully saturated rings. The molecule has 0 radical (unpaired) electrons. The Labute approximate surface area is 96.1 Å². The fourth-order valence-electron chi connectivity index (χ4n) is 1.64. The number of amides is 1. The molecule has 0 saturated carbocycles. The van der Waals surface area contributed by atoms with Gasteiger partial charge in [0.1, 0.15) is 0 Å². The lowest BCUT2D eigenvalue weighted by atomic mass is 10.2. The van der Waals surface area contributed by atoms with Crippen molar-refractivity contribution in [3.63, 3.8) is 0 Å². The van der Waals surface area contributed by atoms with Crippen LogP contribution in [-0.2, 0) is 0 Å². The van der Waals surface area contributed by atoms with Crippen LogP contribution in [0.25, 0.3) is 0 Å². The van der Waals surface area contributed by atoms with Crippen molar-refractivity contribution in [1.29, 1.82) is 0 Å². The number of halogens is 1. The van der Waals surface area contributed by atoms with Crippen LogP contribution in [0.4, 0.5) is 0 Å². The number of hydrogen-bond donors (Lipinski definition) is 1. The van der Waals surface area contributed by atoms with E-state index in [1.54, 1.807) is 17.2 Å². The van der Waals surface area contributed by atoms with Gasteiger partial charge in [0.15, 0.2) is 0 Å². The van der Waals surface area contributed by atoms with Gasteiger partial charge in [-0.25, -0.2) is 0 Å². The SMILES string of the molecule is O=C(c1cncc(Br)c1)N1CCC(O)C1. The van der Waals surface area contributed by atoms with Crippen molar-refractivity contribution in [1.82, 2.24) is 9.88 Å². The summed E-state index contributed by atoms with van der Waals surface area (Å²) in [4.78, 5) is 17.5. The van der Waals surface area contributed by atoms with Crippen LogP contribution in [0.3, 0.4) is 0 Å². The van der Waals surface area contributed by atoms with Crippen LogP contribution in [0.1, 0.15) is 16.8 Å². The zero-order valence-electron chi connectivity index (χ0n) is 8.06. The molecule has 1 aliphatic rings. The van der Waals surface area contributed by atoms with E-state index in [0.717, 1.165) is 4.47 Å².